The van der Waals surface area contributed by atoms with E-state index in [-0.39, 0.29) is 25.0 Å². The Morgan fingerprint density at radius 1 is 1.25 bits per heavy atom. The number of nitrogen functional groups attached to an aromatic ring is 2. The third-order valence-corrected chi connectivity index (χ3v) is 4.09. The van der Waals surface area contributed by atoms with Gasteiger partial charge in [-0.25, -0.2) is 15.0 Å². The fraction of sp³-hybridized carbons (Fsp3) is 0.250. The smallest absolute Gasteiger partial charge is 0.181 e. The highest BCUT2D eigenvalue weighted by Gasteiger charge is 2.17. The Morgan fingerprint density at radius 3 is 2.71 bits per heavy atom. The molecule has 0 atom stereocenters. The van der Waals surface area contributed by atoms with E-state index in [1.165, 1.54) is 17.7 Å². The van der Waals surface area contributed by atoms with Crippen LogP contribution in [0, 0.1) is 5.41 Å². The number of benzene rings is 1. The van der Waals surface area contributed by atoms with Crippen molar-refractivity contribution in [2.45, 2.75) is 27.3 Å². The van der Waals surface area contributed by atoms with Crippen LogP contribution in [0.15, 0.2) is 24.5 Å². The van der Waals surface area contributed by atoms with Gasteiger partial charge in [-0.1, -0.05) is 24.8 Å². The normalized spacial score (nSPS) is 10.6. The Morgan fingerprint density at radius 2 is 2.00 bits per heavy atom. The van der Waals surface area contributed by atoms with Crippen molar-refractivity contribution < 1.29 is 0 Å². The second-order valence-electron chi connectivity index (χ2n) is 5.39. The number of thiazole rings is 1. The van der Waals surface area contributed by atoms with E-state index in [0.717, 1.165) is 15.8 Å². The molecule has 0 unspecified atom stereocenters. The van der Waals surface area contributed by atoms with Crippen LogP contribution in [0.1, 0.15) is 32.4 Å². The second-order valence-corrected chi connectivity index (χ2v) is 6.45. The van der Waals surface area contributed by atoms with Gasteiger partial charge in [-0.3, -0.25) is 5.41 Å². The van der Waals surface area contributed by atoms with Gasteiger partial charge in [-0.05, 0) is 26.0 Å². The molecule has 0 saturated carbocycles. The molecular weight excluding hydrogens is 322 g/mol. The zero-order chi connectivity index (χ0) is 16.6. The molecule has 2 aromatic heterocycles. The minimum absolute atomic E-state index is 0. The van der Waals surface area contributed by atoms with Crippen LogP contribution < -0.4 is 16.8 Å². The Labute approximate surface area is 144 Å². The van der Waals surface area contributed by atoms with Crippen molar-refractivity contribution in [3.8, 4) is 0 Å². The maximum absolute atomic E-state index is 8.53. The molecule has 1 aromatic carbocycles. The molecule has 3 rings (SSSR count). The molecule has 3 aromatic rings. The van der Waals surface area contributed by atoms with Crippen LogP contribution in [0.2, 0.25) is 0 Å². The summed E-state index contributed by atoms with van der Waals surface area (Å²) in [5.74, 6) is 0.832. The maximum atomic E-state index is 8.53. The van der Waals surface area contributed by atoms with Gasteiger partial charge in [0, 0.05) is 11.6 Å². The highest BCUT2D eigenvalue weighted by Crippen LogP contribution is 2.27. The van der Waals surface area contributed by atoms with Crippen molar-refractivity contribution in [2.75, 3.05) is 16.8 Å². The summed E-state index contributed by atoms with van der Waals surface area (Å²) in [6, 6.07) is 5.73. The summed E-state index contributed by atoms with van der Waals surface area (Å²) in [6.45, 7) is 4.00. The van der Waals surface area contributed by atoms with Gasteiger partial charge in [0.15, 0.2) is 5.13 Å². The van der Waals surface area contributed by atoms with Crippen LogP contribution in [-0.2, 0) is 0 Å². The first-order valence-electron chi connectivity index (χ1n) is 7.08. The van der Waals surface area contributed by atoms with E-state index < -0.39 is 0 Å². The van der Waals surface area contributed by atoms with E-state index in [2.05, 4.69) is 20.3 Å². The van der Waals surface area contributed by atoms with Crippen LogP contribution in [0.25, 0.3) is 10.2 Å². The molecule has 6 N–H and O–H groups in total. The highest BCUT2D eigenvalue weighted by atomic mass is 32.1. The van der Waals surface area contributed by atoms with Crippen LogP contribution >= 0.6 is 11.3 Å². The summed E-state index contributed by atoms with van der Waals surface area (Å²) in [4.78, 5) is 12.5. The van der Waals surface area contributed by atoms with Crippen molar-refractivity contribution >= 4 is 44.0 Å². The molecule has 24 heavy (non-hydrogen) atoms. The summed E-state index contributed by atoms with van der Waals surface area (Å²) < 4.78 is 0.929. The summed E-state index contributed by atoms with van der Waals surface area (Å²) in [6.07, 6.45) is 1.39. The Bertz CT molecular complexity index is 885. The zero-order valence-electron chi connectivity index (χ0n) is 12.8. The first-order chi connectivity index (χ1) is 11.0. The van der Waals surface area contributed by atoms with Crippen LogP contribution in [-0.4, -0.2) is 26.7 Å². The standard InChI is InChI=1S/C15H17N7S.CH4/c1-7(2)21-14-11(13(17)19-6-20-14)12(16)8-3-4-9-10(5-8)23-15(18)22-9;/h3-7,16H,1-2H3,(H2,18,22)(H3,17,19,20,21);1H4. The SMILES string of the molecule is C.CC(C)Nc1ncnc(N)c1C(=N)c1ccc2nc(N)sc2c1. The second kappa shape index (κ2) is 6.79. The van der Waals surface area contributed by atoms with E-state index in [0.29, 0.717) is 16.5 Å². The fourth-order valence-corrected chi connectivity index (χ4v) is 3.04. The molecule has 2 heterocycles. The molecule has 0 saturated heterocycles. The van der Waals surface area contributed by atoms with Crippen LogP contribution in [0.3, 0.4) is 0 Å². The molecule has 0 spiro atoms. The van der Waals surface area contributed by atoms with Gasteiger partial charge in [-0.15, -0.1) is 0 Å². The third-order valence-electron chi connectivity index (χ3n) is 3.25. The number of nitrogens with two attached hydrogens (primary N) is 2. The van der Waals surface area contributed by atoms with Crippen molar-refractivity contribution in [1.29, 1.82) is 5.41 Å². The molecule has 0 radical (unpaired) electrons. The summed E-state index contributed by atoms with van der Waals surface area (Å²) in [5.41, 5.74) is 14.0. The van der Waals surface area contributed by atoms with Gasteiger partial charge >= 0.3 is 0 Å². The molecule has 7 nitrogen and oxygen atoms in total. The number of rotatable bonds is 4. The number of hydrogen-bond donors (Lipinski definition) is 4. The van der Waals surface area contributed by atoms with Gasteiger partial charge in [0.05, 0.1) is 21.5 Å². The quantitative estimate of drug-likeness (QED) is 0.539. The van der Waals surface area contributed by atoms with Crippen molar-refractivity contribution in [3.05, 3.63) is 35.7 Å². The summed E-state index contributed by atoms with van der Waals surface area (Å²) in [5, 5.41) is 12.2. The Balaban J connectivity index is 0.00000208. The lowest BCUT2D eigenvalue weighted by Gasteiger charge is -2.15. The largest absolute Gasteiger partial charge is 0.383 e. The van der Waals surface area contributed by atoms with Crippen molar-refractivity contribution in [1.82, 2.24) is 15.0 Å². The number of nitrogens with one attached hydrogen (secondary N) is 2. The van der Waals surface area contributed by atoms with Gasteiger partial charge in [0.1, 0.15) is 18.0 Å². The zero-order valence-corrected chi connectivity index (χ0v) is 13.6. The molecule has 8 heteroatoms. The highest BCUT2D eigenvalue weighted by molar-refractivity contribution is 7.22. The molecule has 0 aliphatic rings. The number of nitrogens with zero attached hydrogens (tertiary/aromatic N) is 3. The van der Waals surface area contributed by atoms with Crippen molar-refractivity contribution in [3.63, 3.8) is 0 Å². The van der Waals surface area contributed by atoms with Crippen molar-refractivity contribution in [2.24, 2.45) is 0 Å². The lowest BCUT2D eigenvalue weighted by molar-refractivity contribution is 0.885. The van der Waals surface area contributed by atoms with Gasteiger partial charge in [-0.2, -0.15) is 0 Å². The predicted octanol–water partition coefficient (Wildman–Crippen LogP) is 3.12. The topological polar surface area (TPSA) is 127 Å². The van der Waals surface area contributed by atoms with E-state index >= 15 is 0 Å². The average molecular weight is 343 g/mol. The molecule has 0 amide bonds. The van der Waals surface area contributed by atoms with E-state index in [4.69, 9.17) is 16.9 Å². The monoisotopic (exact) mass is 343 g/mol. The first-order valence-corrected chi connectivity index (χ1v) is 7.89. The number of aromatic nitrogens is 3. The minimum Gasteiger partial charge on any atom is -0.383 e. The lowest BCUT2D eigenvalue weighted by Crippen LogP contribution is -2.17. The van der Waals surface area contributed by atoms with E-state index in [1.54, 1.807) is 0 Å². The Kier molecular flexibility index (Phi) is 4.99. The molecule has 126 valence electrons. The molecular formula is C16H21N7S. The first kappa shape index (κ1) is 17.6. The number of hydrogen-bond acceptors (Lipinski definition) is 8. The number of anilines is 3. The van der Waals surface area contributed by atoms with Crippen LogP contribution in [0.4, 0.5) is 16.8 Å². The van der Waals surface area contributed by atoms with Gasteiger partial charge in [0.2, 0.25) is 0 Å². The number of fused-ring (bicyclic) bond motifs is 1. The summed E-state index contributed by atoms with van der Waals surface area (Å²) >= 11 is 1.39. The predicted molar refractivity (Wildman–Crippen MR) is 102 cm³/mol. The van der Waals surface area contributed by atoms with E-state index in [1.807, 2.05) is 32.0 Å². The van der Waals surface area contributed by atoms with Gasteiger partial charge in [0.25, 0.3) is 0 Å². The molecule has 0 fully saturated rings. The maximum Gasteiger partial charge on any atom is 0.181 e. The third kappa shape index (κ3) is 3.28. The molecule has 0 aliphatic carbocycles. The van der Waals surface area contributed by atoms with Crippen LogP contribution in [0.5, 0.6) is 0 Å². The molecule has 0 aliphatic heterocycles. The minimum atomic E-state index is 0. The average Bonchev–Trinajstić information content (AvgIpc) is 2.85. The summed E-state index contributed by atoms with van der Waals surface area (Å²) in [7, 11) is 0. The lowest BCUT2D eigenvalue weighted by atomic mass is 10.0. The molecule has 0 bridgehead atoms. The fourth-order valence-electron chi connectivity index (χ4n) is 2.27. The van der Waals surface area contributed by atoms with Gasteiger partial charge < -0.3 is 16.8 Å². The Hall–Kier alpha value is -2.74. The van der Waals surface area contributed by atoms with E-state index in [9.17, 15) is 0 Å².